The van der Waals surface area contributed by atoms with Crippen molar-refractivity contribution >= 4 is 5.91 Å². The van der Waals surface area contributed by atoms with Crippen LogP contribution in [0.15, 0.2) is 60.7 Å². The first kappa shape index (κ1) is 19.4. The predicted molar refractivity (Wildman–Crippen MR) is 109 cm³/mol. The van der Waals surface area contributed by atoms with Gasteiger partial charge in [0.05, 0.1) is 0 Å². The molecule has 0 saturated carbocycles. The molecule has 0 aromatic heterocycles. The number of nitrogens with zero attached hydrogens (tertiary/aromatic N) is 2. The molecular weight excluding hydrogens is 336 g/mol. The summed E-state index contributed by atoms with van der Waals surface area (Å²) < 4.78 is 6.18. The van der Waals surface area contributed by atoms with Gasteiger partial charge in [-0.3, -0.25) is 9.69 Å². The summed E-state index contributed by atoms with van der Waals surface area (Å²) in [5.74, 6) is 0.858. The highest BCUT2D eigenvalue weighted by molar-refractivity contribution is 5.85. The summed E-state index contributed by atoms with van der Waals surface area (Å²) in [6.07, 6.45) is 1.62. The Hall–Kier alpha value is -2.33. The molecule has 1 heterocycles. The van der Waals surface area contributed by atoms with E-state index in [4.69, 9.17) is 4.74 Å². The summed E-state index contributed by atoms with van der Waals surface area (Å²) >= 11 is 0. The molecule has 144 valence electrons. The number of amides is 1. The van der Waals surface area contributed by atoms with Gasteiger partial charge in [0.25, 0.3) is 5.91 Å². The summed E-state index contributed by atoms with van der Waals surface area (Å²) in [5, 5.41) is 0. The molecule has 1 unspecified atom stereocenters. The second-order valence-electron chi connectivity index (χ2n) is 7.45. The molecule has 4 heteroatoms. The van der Waals surface area contributed by atoms with E-state index < -0.39 is 5.60 Å². The number of carbonyl (C=O) groups excluding carboxylic acids is 1. The second kappa shape index (κ2) is 9.05. The van der Waals surface area contributed by atoms with Gasteiger partial charge in [0.15, 0.2) is 5.60 Å². The van der Waals surface area contributed by atoms with Crippen molar-refractivity contribution in [1.82, 2.24) is 9.80 Å². The number of benzene rings is 2. The third-order valence-corrected chi connectivity index (χ3v) is 5.17. The monoisotopic (exact) mass is 366 g/mol. The molecule has 1 saturated heterocycles. The van der Waals surface area contributed by atoms with Gasteiger partial charge in [0.1, 0.15) is 5.75 Å². The molecule has 2 aromatic rings. The highest BCUT2D eigenvalue weighted by Gasteiger charge is 2.39. The summed E-state index contributed by atoms with van der Waals surface area (Å²) in [4.78, 5) is 17.6. The Labute approximate surface area is 162 Å². The maximum atomic E-state index is 13.3. The number of hydrogen-bond donors (Lipinski definition) is 0. The minimum atomic E-state index is -0.808. The van der Waals surface area contributed by atoms with Gasteiger partial charge in [-0.05, 0) is 31.0 Å². The zero-order valence-corrected chi connectivity index (χ0v) is 16.4. The molecular formula is C23H30N2O2. The Bertz CT molecular complexity index is 712. The fourth-order valence-electron chi connectivity index (χ4n) is 3.71. The lowest BCUT2D eigenvalue weighted by atomic mass is 9.97. The molecule has 4 nitrogen and oxygen atoms in total. The molecule has 0 radical (unpaired) electrons. The first-order valence-electron chi connectivity index (χ1n) is 9.90. The summed E-state index contributed by atoms with van der Waals surface area (Å²) in [6, 6.07) is 20.2. The fourth-order valence-corrected chi connectivity index (χ4v) is 3.71. The minimum Gasteiger partial charge on any atom is -0.478 e. The zero-order valence-electron chi connectivity index (χ0n) is 16.4. The first-order chi connectivity index (χ1) is 13.1. The standard InChI is InChI=1S/C23H30N2O2/c1-3-14-23(2,27-21-12-8-5-9-13-21)22(26)25-17-15-24(16-18-25)19-20-10-6-4-7-11-20/h4-13H,3,14-19H2,1-2H3. The Balaban J connectivity index is 1.60. The maximum absolute atomic E-state index is 13.3. The molecule has 1 aliphatic rings. The van der Waals surface area contributed by atoms with Gasteiger partial charge < -0.3 is 9.64 Å². The number of carbonyl (C=O) groups is 1. The molecule has 0 N–H and O–H groups in total. The van der Waals surface area contributed by atoms with Crippen molar-refractivity contribution in [2.75, 3.05) is 26.2 Å². The Kier molecular flexibility index (Phi) is 6.51. The van der Waals surface area contributed by atoms with Gasteiger partial charge in [-0.15, -0.1) is 0 Å². The van der Waals surface area contributed by atoms with Crippen LogP contribution >= 0.6 is 0 Å². The van der Waals surface area contributed by atoms with Gasteiger partial charge in [0, 0.05) is 32.7 Å². The maximum Gasteiger partial charge on any atom is 0.266 e. The van der Waals surface area contributed by atoms with Crippen LogP contribution in [-0.4, -0.2) is 47.5 Å². The molecule has 27 heavy (non-hydrogen) atoms. The largest absolute Gasteiger partial charge is 0.478 e. The van der Waals surface area contributed by atoms with Gasteiger partial charge >= 0.3 is 0 Å². The number of rotatable bonds is 7. The van der Waals surface area contributed by atoms with Crippen LogP contribution in [0.4, 0.5) is 0 Å². The molecule has 2 aromatic carbocycles. The van der Waals surface area contributed by atoms with Crippen molar-refractivity contribution in [3.63, 3.8) is 0 Å². The first-order valence-corrected chi connectivity index (χ1v) is 9.90. The normalized spacial score (nSPS) is 17.3. The van der Waals surface area contributed by atoms with Crippen molar-refractivity contribution < 1.29 is 9.53 Å². The SMILES string of the molecule is CCCC(C)(Oc1ccccc1)C(=O)N1CCN(Cc2ccccc2)CC1. The van der Waals surface area contributed by atoms with Crippen molar-refractivity contribution in [2.45, 2.75) is 38.8 Å². The van der Waals surface area contributed by atoms with E-state index >= 15 is 0 Å². The molecule has 0 spiro atoms. The Morgan fingerprint density at radius 1 is 0.963 bits per heavy atom. The summed E-state index contributed by atoms with van der Waals surface area (Å²) in [5.41, 5.74) is 0.512. The Morgan fingerprint density at radius 2 is 1.56 bits per heavy atom. The molecule has 0 aliphatic carbocycles. The van der Waals surface area contributed by atoms with Crippen LogP contribution in [0.1, 0.15) is 32.3 Å². The zero-order chi connectivity index (χ0) is 19.1. The van der Waals surface area contributed by atoms with Crippen LogP contribution in [0.5, 0.6) is 5.75 Å². The molecule has 1 fully saturated rings. The van der Waals surface area contributed by atoms with E-state index in [9.17, 15) is 4.79 Å². The molecule has 1 amide bonds. The third kappa shape index (κ3) is 5.10. The van der Waals surface area contributed by atoms with Gasteiger partial charge in [-0.2, -0.15) is 0 Å². The van der Waals surface area contributed by atoms with E-state index in [1.807, 2.05) is 48.2 Å². The molecule has 0 bridgehead atoms. The van der Waals surface area contributed by atoms with Crippen LogP contribution in [0, 0.1) is 0 Å². The topological polar surface area (TPSA) is 32.8 Å². The lowest BCUT2D eigenvalue weighted by Crippen LogP contribution is -2.56. The molecule has 1 atom stereocenters. The summed E-state index contributed by atoms with van der Waals surface area (Å²) in [7, 11) is 0. The van der Waals surface area contributed by atoms with Gasteiger partial charge in [0.2, 0.25) is 0 Å². The smallest absolute Gasteiger partial charge is 0.266 e. The van der Waals surface area contributed by atoms with E-state index in [0.29, 0.717) is 6.42 Å². The van der Waals surface area contributed by atoms with E-state index in [2.05, 4.69) is 36.1 Å². The number of hydrogen-bond acceptors (Lipinski definition) is 3. The van der Waals surface area contributed by atoms with Crippen LogP contribution in [0.3, 0.4) is 0 Å². The number of para-hydroxylation sites is 1. The predicted octanol–water partition coefficient (Wildman–Crippen LogP) is 3.97. The Morgan fingerprint density at radius 3 is 2.15 bits per heavy atom. The minimum absolute atomic E-state index is 0.104. The number of ether oxygens (including phenoxy) is 1. The van der Waals surface area contributed by atoms with Crippen molar-refractivity contribution in [3.05, 3.63) is 66.2 Å². The van der Waals surface area contributed by atoms with Crippen molar-refractivity contribution in [1.29, 1.82) is 0 Å². The fraction of sp³-hybridized carbons (Fsp3) is 0.435. The average Bonchev–Trinajstić information content (AvgIpc) is 2.70. The lowest BCUT2D eigenvalue weighted by molar-refractivity contribution is -0.149. The second-order valence-corrected chi connectivity index (χ2v) is 7.45. The molecule has 1 aliphatic heterocycles. The van der Waals surface area contributed by atoms with Crippen LogP contribution in [0.25, 0.3) is 0 Å². The van der Waals surface area contributed by atoms with Crippen LogP contribution < -0.4 is 4.74 Å². The van der Waals surface area contributed by atoms with E-state index in [0.717, 1.165) is 44.9 Å². The van der Waals surface area contributed by atoms with E-state index in [1.54, 1.807) is 0 Å². The van der Waals surface area contributed by atoms with Gasteiger partial charge in [-0.25, -0.2) is 0 Å². The highest BCUT2D eigenvalue weighted by atomic mass is 16.5. The van der Waals surface area contributed by atoms with Crippen molar-refractivity contribution in [3.8, 4) is 5.75 Å². The van der Waals surface area contributed by atoms with Crippen LogP contribution in [-0.2, 0) is 11.3 Å². The average molecular weight is 367 g/mol. The summed E-state index contributed by atoms with van der Waals surface area (Å²) in [6.45, 7) is 8.27. The number of piperazine rings is 1. The van der Waals surface area contributed by atoms with Gasteiger partial charge in [-0.1, -0.05) is 61.9 Å². The highest BCUT2D eigenvalue weighted by Crippen LogP contribution is 2.25. The van der Waals surface area contributed by atoms with E-state index in [-0.39, 0.29) is 5.91 Å². The molecule has 3 rings (SSSR count). The quantitative estimate of drug-likeness (QED) is 0.743. The third-order valence-electron chi connectivity index (χ3n) is 5.17. The van der Waals surface area contributed by atoms with Crippen molar-refractivity contribution in [2.24, 2.45) is 0 Å². The van der Waals surface area contributed by atoms with Crippen LogP contribution in [0.2, 0.25) is 0 Å². The lowest BCUT2D eigenvalue weighted by Gasteiger charge is -2.39. The van der Waals surface area contributed by atoms with E-state index in [1.165, 1.54) is 5.56 Å².